The van der Waals surface area contributed by atoms with Gasteiger partial charge < -0.3 is 25.4 Å². The molecule has 2 saturated heterocycles. The highest BCUT2D eigenvalue weighted by Gasteiger charge is 2.33. The number of aromatic hydroxyl groups is 1. The summed E-state index contributed by atoms with van der Waals surface area (Å²) >= 11 is 0. The Hall–Kier alpha value is -3.69. The molecule has 2 aliphatic rings. The molecule has 2 heterocycles. The molecule has 3 aromatic carbocycles. The summed E-state index contributed by atoms with van der Waals surface area (Å²) < 4.78 is 5.56. The van der Waals surface area contributed by atoms with Gasteiger partial charge in [0, 0.05) is 26.2 Å². The fraction of sp³-hybridized carbons (Fsp3) is 0.370. The van der Waals surface area contributed by atoms with Crippen LogP contribution < -0.4 is 21.5 Å². The van der Waals surface area contributed by atoms with Crippen LogP contribution >= 0.6 is 0 Å². The molecule has 0 saturated carbocycles. The van der Waals surface area contributed by atoms with E-state index in [1.165, 1.54) is 0 Å². The molecule has 36 heavy (non-hydrogen) atoms. The van der Waals surface area contributed by atoms with Crippen LogP contribution in [-0.2, 0) is 4.74 Å². The van der Waals surface area contributed by atoms with E-state index in [4.69, 9.17) is 4.74 Å². The Balaban J connectivity index is 1.35. The van der Waals surface area contributed by atoms with Gasteiger partial charge in [0.15, 0.2) is 5.75 Å². The highest BCUT2D eigenvalue weighted by atomic mass is 16.5. The lowest BCUT2D eigenvalue weighted by molar-refractivity contribution is -0.0395. The van der Waals surface area contributed by atoms with Gasteiger partial charge in [-0.1, -0.05) is 43.3 Å². The molecule has 188 valence electrons. The first kappa shape index (κ1) is 24.0. The van der Waals surface area contributed by atoms with E-state index in [0.29, 0.717) is 32.7 Å². The number of hydrogen-bond donors (Lipinski definition) is 3. The maximum absolute atomic E-state index is 13.3. The number of piperazine rings is 1. The number of carbonyl (C=O) groups excluding carboxylic acids is 1. The number of morpholine rings is 1. The second kappa shape index (κ2) is 10.1. The number of fused-ring (bicyclic) bond motifs is 1. The summed E-state index contributed by atoms with van der Waals surface area (Å²) in [7, 11) is 0. The first-order valence-electron chi connectivity index (χ1n) is 12.3. The van der Waals surface area contributed by atoms with Crippen LogP contribution in [0.4, 0.5) is 17.1 Å². The normalized spacial score (nSPS) is 19.0. The second-order valence-electron chi connectivity index (χ2n) is 9.27. The number of anilines is 3. The average Bonchev–Trinajstić information content (AvgIpc) is 2.93. The van der Waals surface area contributed by atoms with Crippen LogP contribution in [0, 0.1) is 0 Å². The molecule has 0 spiro atoms. The van der Waals surface area contributed by atoms with E-state index in [0.717, 1.165) is 18.7 Å². The number of hydrogen-bond acceptors (Lipinski definition) is 8. The lowest BCUT2D eigenvalue weighted by Crippen LogP contribution is -2.59. The molecular weight excluding hydrogens is 460 g/mol. The SMILES string of the molecule is CCC(Nc1c(Nc2cccc(C(=O)N3CCN4CCOCC4C3)c2O)c(=O)c1=O)c1ccccc1. The van der Waals surface area contributed by atoms with Crippen molar-refractivity contribution in [2.45, 2.75) is 25.4 Å². The van der Waals surface area contributed by atoms with Gasteiger partial charge in [-0.25, -0.2) is 0 Å². The van der Waals surface area contributed by atoms with Gasteiger partial charge in [0.1, 0.15) is 11.4 Å². The molecule has 9 heteroatoms. The molecule has 2 fully saturated rings. The molecule has 3 aromatic rings. The third-order valence-electron chi connectivity index (χ3n) is 7.09. The van der Waals surface area contributed by atoms with Crippen molar-refractivity contribution in [2.24, 2.45) is 0 Å². The molecule has 1 amide bonds. The second-order valence-corrected chi connectivity index (χ2v) is 9.27. The highest BCUT2D eigenvalue weighted by Crippen LogP contribution is 2.34. The fourth-order valence-electron chi connectivity index (χ4n) is 4.98. The summed E-state index contributed by atoms with van der Waals surface area (Å²) in [5, 5.41) is 17.0. The van der Waals surface area contributed by atoms with Crippen LogP contribution in [0.5, 0.6) is 5.75 Å². The van der Waals surface area contributed by atoms with Gasteiger partial charge in [0.25, 0.3) is 16.8 Å². The van der Waals surface area contributed by atoms with Crippen molar-refractivity contribution in [3.63, 3.8) is 0 Å². The van der Waals surface area contributed by atoms with Gasteiger partial charge in [-0.2, -0.15) is 0 Å². The van der Waals surface area contributed by atoms with Crippen molar-refractivity contribution in [1.29, 1.82) is 0 Å². The molecular formula is C27H30N4O5. The number of rotatable bonds is 7. The molecule has 2 aliphatic heterocycles. The number of phenolic OH excluding ortho intramolecular Hbond substituents is 1. The summed E-state index contributed by atoms with van der Waals surface area (Å²) in [5.41, 5.74) is 0.342. The Kier molecular flexibility index (Phi) is 6.75. The van der Waals surface area contributed by atoms with Gasteiger partial charge in [0.2, 0.25) is 0 Å². The number of nitrogens with zero attached hydrogens (tertiary/aromatic N) is 2. The minimum absolute atomic E-state index is 0.0854. The van der Waals surface area contributed by atoms with Gasteiger partial charge >= 0.3 is 0 Å². The van der Waals surface area contributed by atoms with Gasteiger partial charge in [-0.3, -0.25) is 19.3 Å². The number of para-hydroxylation sites is 1. The Bertz CT molecular complexity index is 1320. The standard InChI is InChI=1S/C27H30N4O5/c1-2-20(17-7-4-3-5-8-17)28-22-23(26(34)25(22)33)29-21-10-6-9-19(24(21)32)27(35)31-12-11-30-13-14-36-16-18(30)15-31/h3-10,18,20,28-29,32H,2,11-16H2,1H3. The summed E-state index contributed by atoms with van der Waals surface area (Å²) in [6.45, 7) is 5.99. The Labute approximate surface area is 209 Å². The predicted molar refractivity (Wildman–Crippen MR) is 138 cm³/mol. The van der Waals surface area contributed by atoms with E-state index in [9.17, 15) is 19.5 Å². The number of amides is 1. The Morgan fingerprint density at radius 3 is 2.61 bits per heavy atom. The molecule has 9 nitrogen and oxygen atoms in total. The molecule has 2 unspecified atom stereocenters. The highest BCUT2D eigenvalue weighted by molar-refractivity contribution is 5.99. The lowest BCUT2D eigenvalue weighted by Gasteiger charge is -2.43. The van der Waals surface area contributed by atoms with Crippen LogP contribution in [0.25, 0.3) is 0 Å². The van der Waals surface area contributed by atoms with E-state index < -0.39 is 10.9 Å². The van der Waals surface area contributed by atoms with E-state index in [2.05, 4.69) is 15.5 Å². The Morgan fingerprint density at radius 2 is 1.83 bits per heavy atom. The van der Waals surface area contributed by atoms with Crippen molar-refractivity contribution in [1.82, 2.24) is 9.80 Å². The molecule has 5 rings (SSSR count). The number of phenols is 1. The minimum atomic E-state index is -0.662. The smallest absolute Gasteiger partial charge is 0.257 e. The lowest BCUT2D eigenvalue weighted by atomic mass is 10.0. The maximum atomic E-state index is 13.3. The van der Waals surface area contributed by atoms with E-state index >= 15 is 0 Å². The van der Waals surface area contributed by atoms with Crippen LogP contribution in [0.3, 0.4) is 0 Å². The van der Waals surface area contributed by atoms with Gasteiger partial charge in [-0.15, -0.1) is 0 Å². The molecule has 2 atom stereocenters. The van der Waals surface area contributed by atoms with Gasteiger partial charge in [0.05, 0.1) is 36.5 Å². The zero-order valence-electron chi connectivity index (χ0n) is 20.2. The third kappa shape index (κ3) is 4.47. The van der Waals surface area contributed by atoms with Crippen LogP contribution in [0.15, 0.2) is 58.1 Å². The average molecular weight is 491 g/mol. The van der Waals surface area contributed by atoms with Crippen LogP contribution in [0.2, 0.25) is 0 Å². The first-order valence-corrected chi connectivity index (χ1v) is 12.3. The molecule has 3 N–H and O–H groups in total. The largest absolute Gasteiger partial charge is 0.505 e. The number of nitrogens with one attached hydrogen (secondary N) is 2. The molecule has 0 aliphatic carbocycles. The predicted octanol–water partition coefficient (Wildman–Crippen LogP) is 2.45. The van der Waals surface area contributed by atoms with Crippen molar-refractivity contribution >= 4 is 23.0 Å². The quantitative estimate of drug-likeness (QED) is 0.342. The minimum Gasteiger partial charge on any atom is -0.505 e. The summed E-state index contributed by atoms with van der Waals surface area (Å²) in [4.78, 5) is 42.1. The molecule has 0 radical (unpaired) electrons. The van der Waals surface area contributed by atoms with Crippen LogP contribution in [-0.4, -0.2) is 66.2 Å². The van der Waals surface area contributed by atoms with Crippen molar-refractivity contribution in [3.8, 4) is 5.75 Å². The summed E-state index contributed by atoms with van der Waals surface area (Å²) in [6, 6.07) is 14.5. The summed E-state index contributed by atoms with van der Waals surface area (Å²) in [6.07, 6.45) is 0.705. The summed E-state index contributed by atoms with van der Waals surface area (Å²) in [5.74, 6) is -0.529. The topological polar surface area (TPSA) is 111 Å². The fourth-order valence-corrected chi connectivity index (χ4v) is 4.98. The van der Waals surface area contributed by atoms with Crippen molar-refractivity contribution in [2.75, 3.05) is 50.0 Å². The van der Waals surface area contributed by atoms with E-state index in [-0.39, 0.29) is 46.4 Å². The number of benzene rings is 2. The van der Waals surface area contributed by atoms with Crippen molar-refractivity contribution < 1.29 is 14.6 Å². The molecule has 0 aromatic heterocycles. The van der Waals surface area contributed by atoms with Gasteiger partial charge in [-0.05, 0) is 24.1 Å². The third-order valence-corrected chi connectivity index (χ3v) is 7.09. The number of carbonyl (C=O) groups is 1. The van der Waals surface area contributed by atoms with E-state index in [1.807, 2.05) is 37.3 Å². The zero-order valence-corrected chi connectivity index (χ0v) is 20.2. The Morgan fingerprint density at radius 1 is 1.06 bits per heavy atom. The zero-order chi connectivity index (χ0) is 25.2. The maximum Gasteiger partial charge on any atom is 0.257 e. The number of ether oxygens (including phenoxy) is 1. The molecule has 0 bridgehead atoms. The van der Waals surface area contributed by atoms with E-state index in [1.54, 1.807) is 23.1 Å². The van der Waals surface area contributed by atoms with Crippen LogP contribution in [0.1, 0.15) is 35.3 Å². The first-order chi connectivity index (χ1) is 17.5. The monoisotopic (exact) mass is 490 g/mol. The van der Waals surface area contributed by atoms with Crippen molar-refractivity contribution in [3.05, 3.63) is 80.1 Å².